The molecule has 1 aromatic heterocycles. The average molecular weight is 101 g/mol. The van der Waals surface area contributed by atoms with E-state index < -0.39 is 0 Å². The second-order valence-corrected chi connectivity index (χ2v) is 2.68. The summed E-state index contributed by atoms with van der Waals surface area (Å²) >= 11 is 1.13. The Balaban J connectivity index is 3.02. The summed E-state index contributed by atoms with van der Waals surface area (Å²) in [6.07, 6.45) is 3.64. The van der Waals surface area contributed by atoms with E-state index in [9.17, 15) is 0 Å². The summed E-state index contributed by atoms with van der Waals surface area (Å²) in [5.41, 5.74) is 0. The predicted molar refractivity (Wildman–Crippen MR) is 29.6 cm³/mol. The van der Waals surface area contributed by atoms with Crippen LogP contribution in [-0.4, -0.2) is 32.9 Å². The van der Waals surface area contributed by atoms with Gasteiger partial charge in [0.2, 0.25) is 0 Å². The Morgan fingerprint density at radius 1 is 1.29 bits per heavy atom. The quantitative estimate of drug-likeness (QED) is 0.415. The topological polar surface area (TPSA) is 12.9 Å². The zero-order valence-corrected chi connectivity index (χ0v) is 6.26. The van der Waals surface area contributed by atoms with Gasteiger partial charge in [-0.05, 0) is 0 Å². The van der Waals surface area contributed by atoms with Crippen molar-refractivity contribution in [2.24, 2.45) is 0 Å². The molecule has 0 amide bonds. The summed E-state index contributed by atoms with van der Waals surface area (Å²) in [5, 5.41) is 0. The van der Waals surface area contributed by atoms with E-state index in [1.807, 2.05) is 24.5 Å². The first-order chi connectivity index (χ1) is 3.39. The second-order valence-electron chi connectivity index (χ2n) is 1.52. The van der Waals surface area contributed by atoms with Crippen LogP contribution in [0.5, 0.6) is 0 Å². The van der Waals surface area contributed by atoms with Gasteiger partial charge in [0.1, 0.15) is 0 Å². The molecule has 0 radical (unpaired) electrons. The number of nitrogens with zero attached hydrogens (tertiary/aromatic N) is 1. The molecule has 7 heavy (non-hydrogen) atoms. The fourth-order valence-corrected chi connectivity index (χ4v) is 0.725. The monoisotopic (exact) mass is 101 g/mol. The van der Waals surface area contributed by atoms with E-state index in [-0.39, 0.29) is 0 Å². The van der Waals surface area contributed by atoms with Gasteiger partial charge in [0.25, 0.3) is 0 Å². The Bertz CT molecular complexity index is 138. The van der Waals surface area contributed by atoms with Crippen LogP contribution < -0.4 is 2.81 Å². The SMILES string of the molecule is [Na][c]1ccncc1. The summed E-state index contributed by atoms with van der Waals surface area (Å²) in [5.74, 6) is 0. The fraction of sp³-hybridized carbons (Fsp3) is 0. The molecule has 30 valence electrons. The number of hydrogen-bond acceptors (Lipinski definition) is 1. The van der Waals surface area contributed by atoms with Gasteiger partial charge in [0.05, 0.1) is 0 Å². The minimum absolute atomic E-state index is 1.13. The molecule has 0 fully saturated rings. The average Bonchev–Trinajstić information content (AvgIpc) is 1.69. The normalized spacial score (nSPS) is 8.86. The van der Waals surface area contributed by atoms with E-state index in [2.05, 4.69) is 4.98 Å². The summed E-state index contributed by atoms with van der Waals surface area (Å²) in [6, 6.07) is 4.07. The fourth-order valence-electron chi connectivity index (χ4n) is 0.426. The Kier molecular flexibility index (Phi) is 1.86. The number of aromatic nitrogens is 1. The number of pyridine rings is 1. The summed E-state index contributed by atoms with van der Waals surface area (Å²) in [6.45, 7) is 0. The maximum atomic E-state index is 3.87. The van der Waals surface area contributed by atoms with Crippen molar-refractivity contribution in [2.45, 2.75) is 0 Å². The van der Waals surface area contributed by atoms with E-state index in [1.165, 1.54) is 2.81 Å². The minimum atomic E-state index is 1.13. The van der Waals surface area contributed by atoms with Crippen LogP contribution in [0, 0.1) is 0 Å². The van der Waals surface area contributed by atoms with Gasteiger partial charge < -0.3 is 0 Å². The Morgan fingerprint density at radius 3 is 2.14 bits per heavy atom. The van der Waals surface area contributed by atoms with Crippen molar-refractivity contribution in [1.82, 2.24) is 4.98 Å². The summed E-state index contributed by atoms with van der Waals surface area (Å²) in [7, 11) is 0. The van der Waals surface area contributed by atoms with E-state index in [0.29, 0.717) is 0 Å². The predicted octanol–water partition coefficient (Wildman–Crippen LogP) is -0.125. The van der Waals surface area contributed by atoms with Gasteiger partial charge in [-0.15, -0.1) is 0 Å². The second kappa shape index (κ2) is 2.46. The number of rotatable bonds is 0. The third kappa shape index (κ3) is 1.59. The van der Waals surface area contributed by atoms with Crippen molar-refractivity contribution in [2.75, 3.05) is 0 Å². The van der Waals surface area contributed by atoms with Crippen molar-refractivity contribution in [1.29, 1.82) is 0 Å². The van der Waals surface area contributed by atoms with Gasteiger partial charge in [-0.1, -0.05) is 0 Å². The molecule has 0 unspecified atom stereocenters. The molecule has 0 aromatic carbocycles. The first-order valence-electron chi connectivity index (χ1n) is 2.26. The molecule has 0 spiro atoms. The molecule has 1 heterocycles. The van der Waals surface area contributed by atoms with Gasteiger partial charge >= 0.3 is 60.3 Å². The van der Waals surface area contributed by atoms with Crippen molar-refractivity contribution >= 4 is 30.7 Å². The van der Waals surface area contributed by atoms with E-state index in [4.69, 9.17) is 0 Å². The van der Waals surface area contributed by atoms with E-state index in [1.54, 1.807) is 0 Å². The molecule has 0 saturated heterocycles. The van der Waals surface area contributed by atoms with Gasteiger partial charge in [-0.25, -0.2) is 0 Å². The third-order valence-corrected chi connectivity index (χ3v) is 1.51. The molecule has 0 aliphatic carbocycles. The van der Waals surface area contributed by atoms with Gasteiger partial charge in [0, 0.05) is 0 Å². The van der Waals surface area contributed by atoms with E-state index >= 15 is 0 Å². The standard InChI is InChI=1S/C5H4N.Na/c1-2-4-6-5-3-1;/h2-5H;. The van der Waals surface area contributed by atoms with Gasteiger partial charge in [-0.2, -0.15) is 0 Å². The van der Waals surface area contributed by atoms with Crippen LogP contribution in [0.1, 0.15) is 0 Å². The van der Waals surface area contributed by atoms with Gasteiger partial charge in [0.15, 0.2) is 0 Å². The molecular formula is C5H4NNa. The summed E-state index contributed by atoms with van der Waals surface area (Å²) < 4.78 is 1.40. The first kappa shape index (κ1) is 5.29. The molecule has 0 aliphatic rings. The van der Waals surface area contributed by atoms with Gasteiger partial charge in [-0.3, -0.25) is 0 Å². The van der Waals surface area contributed by atoms with Crippen molar-refractivity contribution in [3.63, 3.8) is 0 Å². The summed E-state index contributed by atoms with van der Waals surface area (Å²) in [4.78, 5) is 3.87. The van der Waals surface area contributed by atoms with Crippen LogP contribution in [0.4, 0.5) is 0 Å². The third-order valence-electron chi connectivity index (χ3n) is 0.847. The van der Waals surface area contributed by atoms with Crippen LogP contribution in [0.2, 0.25) is 0 Å². The molecule has 0 aliphatic heterocycles. The van der Waals surface area contributed by atoms with Crippen molar-refractivity contribution in [3.05, 3.63) is 24.5 Å². The van der Waals surface area contributed by atoms with Crippen LogP contribution in [0.3, 0.4) is 0 Å². The van der Waals surface area contributed by atoms with Crippen molar-refractivity contribution < 1.29 is 0 Å². The van der Waals surface area contributed by atoms with Crippen LogP contribution >= 0.6 is 0 Å². The molecule has 0 bridgehead atoms. The zero-order chi connectivity index (χ0) is 5.11. The van der Waals surface area contributed by atoms with Crippen LogP contribution in [0.15, 0.2) is 24.5 Å². The Labute approximate surface area is 60.2 Å². The van der Waals surface area contributed by atoms with Crippen LogP contribution in [0.25, 0.3) is 0 Å². The Morgan fingerprint density at radius 2 is 1.86 bits per heavy atom. The maximum absolute atomic E-state index is 3.87. The molecule has 0 saturated carbocycles. The zero-order valence-electron chi connectivity index (χ0n) is 4.26. The molecule has 2 heteroatoms. The molecule has 1 nitrogen and oxygen atoms in total. The van der Waals surface area contributed by atoms with Crippen LogP contribution in [-0.2, 0) is 0 Å². The van der Waals surface area contributed by atoms with Crippen molar-refractivity contribution in [3.8, 4) is 0 Å². The number of hydrogen-bond donors (Lipinski definition) is 0. The Hall–Kier alpha value is 0.150. The van der Waals surface area contributed by atoms with E-state index in [0.717, 1.165) is 27.9 Å². The molecule has 1 aromatic rings. The molecule has 1 rings (SSSR count). The first-order valence-corrected chi connectivity index (χ1v) is 3.26. The molecular weight excluding hydrogens is 97.1 g/mol. The molecule has 0 N–H and O–H groups in total. The molecule has 0 atom stereocenters.